The first-order chi connectivity index (χ1) is 8.86. The van der Waals surface area contributed by atoms with E-state index in [1.54, 1.807) is 6.08 Å². The summed E-state index contributed by atoms with van der Waals surface area (Å²) in [5.41, 5.74) is 2.50. The molecule has 0 aromatic carbocycles. The molecule has 0 radical (unpaired) electrons. The number of aliphatic carboxylic acids is 1. The van der Waals surface area contributed by atoms with Crippen molar-refractivity contribution in [1.82, 2.24) is 0 Å². The van der Waals surface area contributed by atoms with Gasteiger partial charge in [0.1, 0.15) is 0 Å². The lowest BCUT2D eigenvalue weighted by atomic mass is 10.1. The molecule has 1 N–H and O–H groups in total. The molecule has 0 fully saturated rings. The number of allylic oxidation sites excluding steroid dienone is 5. The maximum atomic E-state index is 11.4. The zero-order valence-corrected chi connectivity index (χ0v) is 12.0. The minimum atomic E-state index is -1.05. The number of carbonyl (C=O) groups is 2. The lowest BCUT2D eigenvalue weighted by molar-refractivity contribution is -0.141. The van der Waals surface area contributed by atoms with Crippen molar-refractivity contribution in [2.45, 2.75) is 40.0 Å². The summed E-state index contributed by atoms with van der Waals surface area (Å²) in [5.74, 6) is -1.65. The Morgan fingerprint density at radius 2 is 1.79 bits per heavy atom. The van der Waals surface area contributed by atoms with Gasteiger partial charge in [-0.25, -0.2) is 4.79 Å². The van der Waals surface area contributed by atoms with E-state index < -0.39 is 11.9 Å². The second-order valence-electron chi connectivity index (χ2n) is 4.59. The van der Waals surface area contributed by atoms with Gasteiger partial charge in [0.05, 0.1) is 13.5 Å². The van der Waals surface area contributed by atoms with Crippen LogP contribution in [0.1, 0.15) is 40.0 Å². The average molecular weight is 266 g/mol. The van der Waals surface area contributed by atoms with Gasteiger partial charge < -0.3 is 9.84 Å². The van der Waals surface area contributed by atoms with Crippen LogP contribution >= 0.6 is 0 Å². The van der Waals surface area contributed by atoms with Crippen molar-refractivity contribution in [2.75, 3.05) is 7.11 Å². The first-order valence-electron chi connectivity index (χ1n) is 6.16. The summed E-state index contributed by atoms with van der Waals surface area (Å²) in [5, 5.41) is 8.72. The van der Waals surface area contributed by atoms with Crippen molar-refractivity contribution in [2.24, 2.45) is 0 Å². The second-order valence-corrected chi connectivity index (χ2v) is 4.59. The van der Waals surface area contributed by atoms with E-state index in [0.717, 1.165) is 18.4 Å². The number of carboxylic acid groups (broad SMARTS) is 1. The lowest BCUT2D eigenvalue weighted by Crippen LogP contribution is -2.09. The van der Waals surface area contributed by atoms with Crippen molar-refractivity contribution in [1.29, 1.82) is 0 Å². The van der Waals surface area contributed by atoms with Crippen molar-refractivity contribution in [3.8, 4) is 0 Å². The Hall–Kier alpha value is -1.84. The molecule has 0 amide bonds. The standard InChI is InChI=1S/C15H22O4/c1-11(2)6-5-7-12(3)8-9-13(10-14(16)17)15(18)19-4/h6,8-9H,5,7,10H2,1-4H3,(H,16,17)/b12-8+,13-9+. The van der Waals surface area contributed by atoms with Crippen LogP contribution in [0.5, 0.6) is 0 Å². The van der Waals surface area contributed by atoms with Crippen LogP contribution in [-0.4, -0.2) is 24.2 Å². The molecule has 0 aliphatic carbocycles. The molecule has 0 atom stereocenters. The number of methoxy groups -OCH3 is 1. The van der Waals surface area contributed by atoms with Gasteiger partial charge in [0.2, 0.25) is 0 Å². The molecule has 0 aliphatic heterocycles. The highest BCUT2D eigenvalue weighted by Gasteiger charge is 2.12. The van der Waals surface area contributed by atoms with E-state index in [-0.39, 0.29) is 12.0 Å². The highest BCUT2D eigenvalue weighted by Crippen LogP contribution is 2.10. The van der Waals surface area contributed by atoms with E-state index in [1.807, 2.05) is 20.8 Å². The van der Waals surface area contributed by atoms with Gasteiger partial charge in [0, 0.05) is 5.57 Å². The molecule has 0 aromatic rings. The SMILES string of the molecule is COC(=O)/C(=C/C=C(\C)CCC=C(C)C)CC(=O)O. The number of esters is 1. The third kappa shape index (κ3) is 8.83. The first-order valence-corrected chi connectivity index (χ1v) is 6.16. The number of carbonyl (C=O) groups excluding carboxylic acids is 1. The molecule has 106 valence electrons. The number of hydrogen-bond acceptors (Lipinski definition) is 3. The summed E-state index contributed by atoms with van der Waals surface area (Å²) in [6.45, 7) is 6.04. The van der Waals surface area contributed by atoms with Gasteiger partial charge in [-0.05, 0) is 33.6 Å². The minimum Gasteiger partial charge on any atom is -0.481 e. The Kier molecular flexibility index (Phi) is 8.25. The van der Waals surface area contributed by atoms with Gasteiger partial charge in [-0.3, -0.25) is 4.79 Å². The molecule has 0 heterocycles. The summed E-state index contributed by atoms with van der Waals surface area (Å²) >= 11 is 0. The molecule has 0 spiro atoms. The van der Waals surface area contributed by atoms with E-state index in [0.29, 0.717) is 0 Å². The molecule has 4 nitrogen and oxygen atoms in total. The summed E-state index contributed by atoms with van der Waals surface area (Å²) in [6, 6.07) is 0. The molecule has 0 saturated heterocycles. The third-order valence-electron chi connectivity index (χ3n) is 2.45. The first kappa shape index (κ1) is 17.2. The fourth-order valence-corrected chi connectivity index (χ4v) is 1.41. The number of ether oxygens (including phenoxy) is 1. The fourth-order valence-electron chi connectivity index (χ4n) is 1.41. The monoisotopic (exact) mass is 266 g/mol. The minimum absolute atomic E-state index is 0.150. The van der Waals surface area contributed by atoms with Gasteiger partial charge in [-0.15, -0.1) is 0 Å². The summed E-state index contributed by atoms with van der Waals surface area (Å²) in [4.78, 5) is 22.0. The maximum Gasteiger partial charge on any atom is 0.334 e. The topological polar surface area (TPSA) is 63.6 Å². The van der Waals surface area contributed by atoms with Crippen molar-refractivity contribution in [3.05, 3.63) is 34.9 Å². The lowest BCUT2D eigenvalue weighted by Gasteiger charge is -2.02. The predicted molar refractivity (Wildman–Crippen MR) is 74.8 cm³/mol. The molecule has 0 aromatic heterocycles. The summed E-state index contributed by atoms with van der Waals surface area (Å²) in [7, 11) is 1.24. The summed E-state index contributed by atoms with van der Waals surface area (Å²) in [6.07, 6.45) is 6.92. The highest BCUT2D eigenvalue weighted by molar-refractivity contribution is 5.93. The van der Waals surface area contributed by atoms with Gasteiger partial charge in [0.25, 0.3) is 0 Å². The van der Waals surface area contributed by atoms with E-state index in [4.69, 9.17) is 5.11 Å². The largest absolute Gasteiger partial charge is 0.481 e. The van der Waals surface area contributed by atoms with Crippen molar-refractivity contribution in [3.63, 3.8) is 0 Å². The highest BCUT2D eigenvalue weighted by atomic mass is 16.5. The molecular weight excluding hydrogens is 244 g/mol. The Morgan fingerprint density at radius 1 is 1.16 bits per heavy atom. The van der Waals surface area contributed by atoms with E-state index in [2.05, 4.69) is 10.8 Å². The molecule has 4 heteroatoms. The van der Waals surface area contributed by atoms with Gasteiger partial charge >= 0.3 is 11.9 Å². The Balaban J connectivity index is 4.69. The Labute approximate surface area is 114 Å². The maximum absolute atomic E-state index is 11.4. The molecule has 19 heavy (non-hydrogen) atoms. The van der Waals surface area contributed by atoms with Gasteiger partial charge in [0.15, 0.2) is 0 Å². The molecule has 0 rings (SSSR count). The van der Waals surface area contributed by atoms with E-state index in [1.165, 1.54) is 18.8 Å². The third-order valence-corrected chi connectivity index (χ3v) is 2.45. The smallest absolute Gasteiger partial charge is 0.334 e. The van der Waals surface area contributed by atoms with Crippen LogP contribution in [0.4, 0.5) is 0 Å². The number of carboxylic acids is 1. The summed E-state index contributed by atoms with van der Waals surface area (Å²) < 4.78 is 4.55. The van der Waals surface area contributed by atoms with Crippen LogP contribution in [0.25, 0.3) is 0 Å². The van der Waals surface area contributed by atoms with Gasteiger partial charge in [-0.1, -0.05) is 29.4 Å². The van der Waals surface area contributed by atoms with E-state index >= 15 is 0 Å². The molecule has 0 unspecified atom stereocenters. The van der Waals surface area contributed by atoms with E-state index in [9.17, 15) is 9.59 Å². The van der Waals surface area contributed by atoms with Crippen LogP contribution in [0.3, 0.4) is 0 Å². The second kappa shape index (κ2) is 9.14. The van der Waals surface area contributed by atoms with Gasteiger partial charge in [-0.2, -0.15) is 0 Å². The van der Waals surface area contributed by atoms with Crippen LogP contribution in [-0.2, 0) is 14.3 Å². The van der Waals surface area contributed by atoms with Crippen LogP contribution in [0, 0.1) is 0 Å². The van der Waals surface area contributed by atoms with Crippen LogP contribution in [0.2, 0.25) is 0 Å². The van der Waals surface area contributed by atoms with Crippen molar-refractivity contribution < 1.29 is 19.4 Å². The average Bonchev–Trinajstić information content (AvgIpc) is 2.32. The molecule has 0 bridgehead atoms. The molecule has 0 saturated carbocycles. The van der Waals surface area contributed by atoms with Crippen LogP contribution in [0.15, 0.2) is 34.9 Å². The predicted octanol–water partition coefficient (Wildman–Crippen LogP) is 3.25. The number of rotatable bonds is 7. The Morgan fingerprint density at radius 3 is 2.26 bits per heavy atom. The zero-order chi connectivity index (χ0) is 14.8. The fraction of sp³-hybridized carbons (Fsp3) is 0.467. The molecular formula is C15H22O4. The van der Waals surface area contributed by atoms with Crippen molar-refractivity contribution >= 4 is 11.9 Å². The van der Waals surface area contributed by atoms with Crippen LogP contribution < -0.4 is 0 Å². The molecule has 0 aliphatic rings. The normalized spacial score (nSPS) is 12.0. The zero-order valence-electron chi connectivity index (χ0n) is 12.0. The number of hydrogen-bond donors (Lipinski definition) is 1. The quantitative estimate of drug-likeness (QED) is 0.332. The Bertz CT molecular complexity index is 410.